The van der Waals surface area contributed by atoms with Gasteiger partial charge in [-0.1, -0.05) is 41.6 Å². The molecule has 0 fully saturated rings. The lowest BCUT2D eigenvalue weighted by Crippen LogP contribution is -1.90. The molecule has 0 radical (unpaired) electrons. The zero-order chi connectivity index (χ0) is 13.1. The third-order valence-corrected chi connectivity index (χ3v) is 4.29. The van der Waals surface area contributed by atoms with Crippen molar-refractivity contribution in [2.45, 2.75) is 30.6 Å². The highest BCUT2D eigenvalue weighted by molar-refractivity contribution is 7.99. The molecule has 0 N–H and O–H groups in total. The van der Waals surface area contributed by atoms with E-state index in [0.29, 0.717) is 0 Å². The Morgan fingerprint density at radius 1 is 0.944 bits per heavy atom. The molecule has 0 saturated carbocycles. The summed E-state index contributed by atoms with van der Waals surface area (Å²) in [6.07, 6.45) is 0. The van der Waals surface area contributed by atoms with Crippen LogP contribution in [-0.2, 0) is 0 Å². The number of benzene rings is 2. The standard InChI is InChI=1S/C16H18OS/c1-11-9-12(2)16(13(3)10-11)18-15-8-6-5-7-14(15)17-4/h5-10H,1-4H3. The molecule has 0 unspecified atom stereocenters. The van der Waals surface area contributed by atoms with Crippen molar-refractivity contribution in [2.75, 3.05) is 7.11 Å². The summed E-state index contributed by atoms with van der Waals surface area (Å²) in [4.78, 5) is 2.49. The van der Waals surface area contributed by atoms with Gasteiger partial charge in [-0.15, -0.1) is 0 Å². The molecule has 2 aromatic carbocycles. The summed E-state index contributed by atoms with van der Waals surface area (Å²) < 4.78 is 5.40. The van der Waals surface area contributed by atoms with Crippen LogP contribution < -0.4 is 4.74 Å². The molecule has 0 aliphatic rings. The first-order valence-electron chi connectivity index (χ1n) is 6.00. The second-order valence-corrected chi connectivity index (χ2v) is 5.53. The van der Waals surface area contributed by atoms with E-state index in [0.717, 1.165) is 10.6 Å². The van der Waals surface area contributed by atoms with Crippen LogP contribution in [0.5, 0.6) is 5.75 Å². The van der Waals surface area contributed by atoms with Gasteiger partial charge in [0.15, 0.2) is 0 Å². The Morgan fingerprint density at radius 2 is 1.56 bits per heavy atom. The molecule has 0 spiro atoms. The smallest absolute Gasteiger partial charge is 0.132 e. The Hall–Kier alpha value is -1.41. The number of hydrogen-bond donors (Lipinski definition) is 0. The number of para-hydroxylation sites is 1. The number of hydrogen-bond acceptors (Lipinski definition) is 2. The van der Waals surface area contributed by atoms with Gasteiger partial charge in [0, 0.05) is 4.90 Å². The number of ether oxygens (including phenoxy) is 1. The molecule has 0 aromatic heterocycles. The maximum Gasteiger partial charge on any atom is 0.132 e. The molecule has 2 heteroatoms. The lowest BCUT2D eigenvalue weighted by atomic mass is 10.1. The molecule has 1 nitrogen and oxygen atoms in total. The number of methoxy groups -OCH3 is 1. The molecule has 0 saturated heterocycles. The van der Waals surface area contributed by atoms with E-state index in [1.165, 1.54) is 21.6 Å². The van der Waals surface area contributed by atoms with Crippen LogP contribution in [0.3, 0.4) is 0 Å². The molecule has 0 aliphatic carbocycles. The minimum atomic E-state index is 0.932. The quantitative estimate of drug-likeness (QED) is 0.784. The fourth-order valence-electron chi connectivity index (χ4n) is 2.14. The molecular formula is C16H18OS. The molecular weight excluding hydrogens is 240 g/mol. The molecule has 0 heterocycles. The average molecular weight is 258 g/mol. The summed E-state index contributed by atoms with van der Waals surface area (Å²) in [7, 11) is 1.72. The lowest BCUT2D eigenvalue weighted by molar-refractivity contribution is 0.405. The van der Waals surface area contributed by atoms with Gasteiger partial charge < -0.3 is 4.74 Å². The van der Waals surface area contributed by atoms with Crippen LogP contribution in [0.4, 0.5) is 0 Å². The van der Waals surface area contributed by atoms with Gasteiger partial charge in [-0.25, -0.2) is 0 Å². The largest absolute Gasteiger partial charge is 0.496 e. The van der Waals surface area contributed by atoms with Gasteiger partial charge >= 0.3 is 0 Å². The Morgan fingerprint density at radius 3 is 2.17 bits per heavy atom. The van der Waals surface area contributed by atoms with Crippen molar-refractivity contribution in [2.24, 2.45) is 0 Å². The van der Waals surface area contributed by atoms with E-state index in [9.17, 15) is 0 Å². The van der Waals surface area contributed by atoms with Crippen molar-refractivity contribution in [3.05, 3.63) is 53.1 Å². The summed E-state index contributed by atoms with van der Waals surface area (Å²) in [5.74, 6) is 0.932. The van der Waals surface area contributed by atoms with Crippen molar-refractivity contribution < 1.29 is 4.74 Å². The number of aryl methyl sites for hydroxylation is 3. The minimum Gasteiger partial charge on any atom is -0.496 e. The van der Waals surface area contributed by atoms with Crippen molar-refractivity contribution in [3.63, 3.8) is 0 Å². The van der Waals surface area contributed by atoms with Gasteiger partial charge in [-0.3, -0.25) is 0 Å². The summed E-state index contributed by atoms with van der Waals surface area (Å²) in [6, 6.07) is 12.6. The monoisotopic (exact) mass is 258 g/mol. The Bertz CT molecular complexity index is 538. The highest BCUT2D eigenvalue weighted by Gasteiger charge is 2.09. The molecule has 0 amide bonds. The third-order valence-electron chi connectivity index (χ3n) is 2.89. The first kappa shape index (κ1) is 13.0. The van der Waals surface area contributed by atoms with Crippen molar-refractivity contribution in [1.29, 1.82) is 0 Å². The second-order valence-electron chi connectivity index (χ2n) is 4.48. The first-order valence-corrected chi connectivity index (χ1v) is 6.82. The van der Waals surface area contributed by atoms with Crippen molar-refractivity contribution in [3.8, 4) is 5.75 Å². The van der Waals surface area contributed by atoms with Gasteiger partial charge in [0.25, 0.3) is 0 Å². The van der Waals surface area contributed by atoms with Gasteiger partial charge in [-0.05, 0) is 44.0 Å². The van der Waals surface area contributed by atoms with Crippen LogP contribution in [0.15, 0.2) is 46.2 Å². The molecule has 94 valence electrons. The normalized spacial score (nSPS) is 10.4. The van der Waals surface area contributed by atoms with E-state index in [1.807, 2.05) is 18.2 Å². The molecule has 2 aromatic rings. The SMILES string of the molecule is COc1ccccc1Sc1c(C)cc(C)cc1C. The second kappa shape index (κ2) is 5.49. The van der Waals surface area contributed by atoms with E-state index < -0.39 is 0 Å². The van der Waals surface area contributed by atoms with Crippen molar-refractivity contribution in [1.82, 2.24) is 0 Å². The van der Waals surface area contributed by atoms with Crippen LogP contribution in [0.25, 0.3) is 0 Å². The van der Waals surface area contributed by atoms with Gasteiger partial charge in [-0.2, -0.15) is 0 Å². The zero-order valence-corrected chi connectivity index (χ0v) is 12.1. The molecule has 2 rings (SSSR count). The van der Waals surface area contributed by atoms with Crippen LogP contribution in [0.1, 0.15) is 16.7 Å². The van der Waals surface area contributed by atoms with E-state index in [2.05, 4.69) is 39.0 Å². The van der Waals surface area contributed by atoms with Gasteiger partial charge in [0.05, 0.1) is 12.0 Å². The molecule has 0 atom stereocenters. The van der Waals surface area contributed by atoms with E-state index in [4.69, 9.17) is 4.74 Å². The van der Waals surface area contributed by atoms with Crippen LogP contribution in [0, 0.1) is 20.8 Å². The maximum absolute atomic E-state index is 5.40. The van der Waals surface area contributed by atoms with E-state index >= 15 is 0 Å². The predicted octanol–water partition coefficient (Wildman–Crippen LogP) is 4.77. The average Bonchev–Trinajstić information content (AvgIpc) is 2.34. The van der Waals surface area contributed by atoms with Crippen molar-refractivity contribution >= 4 is 11.8 Å². The molecule has 0 aliphatic heterocycles. The van der Waals surface area contributed by atoms with Crippen LogP contribution in [0.2, 0.25) is 0 Å². The fourth-order valence-corrected chi connectivity index (χ4v) is 3.20. The summed E-state index contributed by atoms with van der Waals surface area (Å²) in [5, 5.41) is 0. The highest BCUT2D eigenvalue weighted by Crippen LogP contribution is 2.38. The minimum absolute atomic E-state index is 0.932. The van der Waals surface area contributed by atoms with E-state index in [1.54, 1.807) is 18.9 Å². The number of rotatable bonds is 3. The van der Waals surface area contributed by atoms with Crippen LogP contribution in [-0.4, -0.2) is 7.11 Å². The fraction of sp³-hybridized carbons (Fsp3) is 0.250. The van der Waals surface area contributed by atoms with E-state index in [-0.39, 0.29) is 0 Å². The lowest BCUT2D eigenvalue weighted by Gasteiger charge is -2.13. The van der Waals surface area contributed by atoms with Gasteiger partial charge in [0.1, 0.15) is 5.75 Å². The summed E-state index contributed by atoms with van der Waals surface area (Å²) in [6.45, 7) is 6.47. The highest BCUT2D eigenvalue weighted by atomic mass is 32.2. The van der Waals surface area contributed by atoms with Crippen LogP contribution >= 0.6 is 11.8 Å². The first-order chi connectivity index (χ1) is 8.61. The Kier molecular flexibility index (Phi) is 3.97. The maximum atomic E-state index is 5.40. The predicted molar refractivity (Wildman–Crippen MR) is 77.8 cm³/mol. The Labute approximate surface area is 113 Å². The van der Waals surface area contributed by atoms with Gasteiger partial charge in [0.2, 0.25) is 0 Å². The Balaban J connectivity index is 2.40. The molecule has 18 heavy (non-hydrogen) atoms. The topological polar surface area (TPSA) is 9.23 Å². The third kappa shape index (κ3) is 2.70. The summed E-state index contributed by atoms with van der Waals surface area (Å²) >= 11 is 1.78. The molecule has 0 bridgehead atoms. The summed E-state index contributed by atoms with van der Waals surface area (Å²) in [5.41, 5.74) is 3.96. The zero-order valence-electron chi connectivity index (χ0n) is 11.3.